The van der Waals surface area contributed by atoms with Crippen LogP contribution in [0.4, 0.5) is 0 Å². The molecule has 4 nitrogen and oxygen atoms in total. The maximum absolute atomic E-state index is 11.9. The number of rotatable bonds is 6. The second kappa shape index (κ2) is 7.29. The fourth-order valence-electron chi connectivity index (χ4n) is 2.35. The first-order valence-electron chi connectivity index (χ1n) is 7.56. The number of hydrogen-bond acceptors (Lipinski definition) is 4. The second-order valence-electron chi connectivity index (χ2n) is 6.04. The molecular formula is C19H23NO3. The molecule has 122 valence electrons. The van der Waals surface area contributed by atoms with Crippen molar-refractivity contribution in [3.05, 3.63) is 65.7 Å². The molecular weight excluding hydrogens is 290 g/mol. The van der Waals surface area contributed by atoms with E-state index in [1.807, 2.05) is 54.6 Å². The fourth-order valence-corrected chi connectivity index (χ4v) is 2.35. The minimum absolute atomic E-state index is 0.333. The lowest BCUT2D eigenvalue weighted by atomic mass is 9.81. The lowest BCUT2D eigenvalue weighted by Crippen LogP contribution is -2.37. The van der Waals surface area contributed by atoms with Crippen molar-refractivity contribution in [3.63, 3.8) is 0 Å². The van der Waals surface area contributed by atoms with Gasteiger partial charge in [-0.1, -0.05) is 42.5 Å². The van der Waals surface area contributed by atoms with Crippen molar-refractivity contribution >= 4 is 5.97 Å². The predicted octanol–water partition coefficient (Wildman–Crippen LogP) is 3.46. The molecule has 0 bridgehead atoms. The molecule has 0 aliphatic carbocycles. The Hall–Kier alpha value is -2.33. The van der Waals surface area contributed by atoms with Gasteiger partial charge in [-0.15, -0.1) is 0 Å². The van der Waals surface area contributed by atoms with Gasteiger partial charge in [-0.05, 0) is 37.1 Å². The van der Waals surface area contributed by atoms with Crippen LogP contribution < -0.4 is 10.5 Å². The zero-order valence-electron chi connectivity index (χ0n) is 13.8. The van der Waals surface area contributed by atoms with Gasteiger partial charge in [0, 0.05) is 6.04 Å². The molecule has 0 heterocycles. The molecule has 4 heteroatoms. The highest BCUT2D eigenvalue weighted by molar-refractivity contribution is 5.77. The molecule has 0 aliphatic rings. The summed E-state index contributed by atoms with van der Waals surface area (Å²) in [5, 5.41) is 0. The van der Waals surface area contributed by atoms with E-state index in [0.29, 0.717) is 6.61 Å². The summed E-state index contributed by atoms with van der Waals surface area (Å²) in [5.74, 6) is 0.392. The third-order valence-electron chi connectivity index (χ3n) is 3.95. The highest BCUT2D eigenvalue weighted by atomic mass is 16.5. The van der Waals surface area contributed by atoms with Crippen molar-refractivity contribution in [3.8, 4) is 5.75 Å². The fraction of sp³-hybridized carbons (Fsp3) is 0.316. The van der Waals surface area contributed by atoms with Gasteiger partial charge in [0.25, 0.3) is 0 Å². The Labute approximate surface area is 137 Å². The molecule has 2 aromatic rings. The third kappa shape index (κ3) is 4.11. The molecule has 2 rings (SSSR count). The van der Waals surface area contributed by atoms with Gasteiger partial charge in [0.15, 0.2) is 0 Å². The zero-order valence-corrected chi connectivity index (χ0v) is 13.8. The smallest absolute Gasteiger partial charge is 0.313 e. The Kier molecular flexibility index (Phi) is 5.40. The highest BCUT2D eigenvalue weighted by Gasteiger charge is 2.36. The van der Waals surface area contributed by atoms with Crippen LogP contribution in [-0.4, -0.2) is 13.1 Å². The topological polar surface area (TPSA) is 61.5 Å². The van der Waals surface area contributed by atoms with Gasteiger partial charge < -0.3 is 15.2 Å². The van der Waals surface area contributed by atoms with Crippen LogP contribution in [0.1, 0.15) is 31.0 Å². The third-order valence-corrected chi connectivity index (χ3v) is 3.95. The number of methoxy groups -OCH3 is 1. The first kappa shape index (κ1) is 17.0. The van der Waals surface area contributed by atoms with Crippen molar-refractivity contribution in [1.82, 2.24) is 0 Å². The molecule has 0 saturated carbocycles. The van der Waals surface area contributed by atoms with Crippen LogP contribution in [0.2, 0.25) is 0 Å². The molecule has 0 aliphatic heterocycles. The average Bonchev–Trinajstić information content (AvgIpc) is 2.59. The van der Waals surface area contributed by atoms with Crippen LogP contribution in [0.3, 0.4) is 0 Å². The van der Waals surface area contributed by atoms with Crippen LogP contribution >= 0.6 is 0 Å². The van der Waals surface area contributed by atoms with Gasteiger partial charge in [-0.25, -0.2) is 0 Å². The summed E-state index contributed by atoms with van der Waals surface area (Å²) in [4.78, 5) is 11.9. The molecule has 0 amide bonds. The largest absolute Gasteiger partial charge is 0.489 e. The summed E-state index contributed by atoms with van der Waals surface area (Å²) in [5.41, 5.74) is 7.39. The predicted molar refractivity (Wildman–Crippen MR) is 89.9 cm³/mol. The van der Waals surface area contributed by atoms with Crippen LogP contribution in [0.15, 0.2) is 54.6 Å². The van der Waals surface area contributed by atoms with Gasteiger partial charge in [-0.2, -0.15) is 0 Å². The molecule has 0 fully saturated rings. The van der Waals surface area contributed by atoms with E-state index in [2.05, 4.69) is 0 Å². The molecule has 2 N–H and O–H groups in total. The summed E-state index contributed by atoms with van der Waals surface area (Å²) in [6.07, 6.45) is 0. The van der Waals surface area contributed by atoms with Crippen molar-refractivity contribution in [2.24, 2.45) is 11.1 Å². The van der Waals surface area contributed by atoms with Crippen LogP contribution in [0.5, 0.6) is 5.75 Å². The Bertz CT molecular complexity index is 653. The van der Waals surface area contributed by atoms with E-state index in [4.69, 9.17) is 15.2 Å². The minimum atomic E-state index is -0.813. The van der Waals surface area contributed by atoms with Gasteiger partial charge in [0.05, 0.1) is 12.5 Å². The van der Waals surface area contributed by atoms with Crippen LogP contribution in [0.25, 0.3) is 0 Å². The highest BCUT2D eigenvalue weighted by Crippen LogP contribution is 2.33. The van der Waals surface area contributed by atoms with E-state index in [1.54, 1.807) is 13.8 Å². The van der Waals surface area contributed by atoms with E-state index < -0.39 is 11.5 Å². The van der Waals surface area contributed by atoms with E-state index in [-0.39, 0.29) is 5.97 Å². The summed E-state index contributed by atoms with van der Waals surface area (Å²) in [6.45, 7) is 4.04. The molecule has 2 aromatic carbocycles. The minimum Gasteiger partial charge on any atom is -0.489 e. The Balaban J connectivity index is 2.11. The molecule has 0 radical (unpaired) electrons. The Morgan fingerprint density at radius 3 is 2.48 bits per heavy atom. The average molecular weight is 313 g/mol. The first-order valence-corrected chi connectivity index (χ1v) is 7.56. The molecule has 1 atom stereocenters. The number of carbonyl (C=O) groups excluding carboxylic acids is 1. The van der Waals surface area contributed by atoms with Crippen molar-refractivity contribution in [2.75, 3.05) is 7.11 Å². The van der Waals surface area contributed by atoms with E-state index in [0.717, 1.165) is 16.9 Å². The number of carbonyl (C=O) groups is 1. The van der Waals surface area contributed by atoms with Crippen LogP contribution in [0, 0.1) is 5.41 Å². The number of nitrogens with two attached hydrogens (primary N) is 1. The second-order valence-corrected chi connectivity index (χ2v) is 6.04. The number of esters is 1. The maximum Gasteiger partial charge on any atom is 0.313 e. The molecule has 0 spiro atoms. The number of hydrogen-bond donors (Lipinski definition) is 1. The van der Waals surface area contributed by atoms with Crippen molar-refractivity contribution < 1.29 is 14.3 Å². The standard InChI is InChI=1S/C19H23NO3/c1-19(2,18(21)22-3)17(20)15-10-7-11-16(12-15)23-13-14-8-5-4-6-9-14/h4-12,17H,13,20H2,1-3H3/t17-/m1/s1. The van der Waals surface area contributed by atoms with Crippen LogP contribution in [-0.2, 0) is 16.1 Å². The summed E-state index contributed by atoms with van der Waals surface area (Å²) < 4.78 is 10.7. The monoisotopic (exact) mass is 313 g/mol. The van der Waals surface area contributed by atoms with Gasteiger partial charge in [0.1, 0.15) is 12.4 Å². The Morgan fingerprint density at radius 2 is 1.83 bits per heavy atom. The van der Waals surface area contributed by atoms with Gasteiger partial charge in [0.2, 0.25) is 0 Å². The molecule has 23 heavy (non-hydrogen) atoms. The van der Waals surface area contributed by atoms with Crippen molar-refractivity contribution in [1.29, 1.82) is 0 Å². The quantitative estimate of drug-likeness (QED) is 0.830. The van der Waals surface area contributed by atoms with E-state index >= 15 is 0 Å². The summed E-state index contributed by atoms with van der Waals surface area (Å²) in [6, 6.07) is 17.0. The zero-order chi connectivity index (χ0) is 16.9. The lowest BCUT2D eigenvalue weighted by molar-refractivity contribution is -0.152. The van der Waals surface area contributed by atoms with Gasteiger partial charge >= 0.3 is 5.97 Å². The molecule has 0 unspecified atom stereocenters. The molecule has 0 aromatic heterocycles. The number of benzene rings is 2. The van der Waals surface area contributed by atoms with Gasteiger partial charge in [-0.3, -0.25) is 4.79 Å². The SMILES string of the molecule is COC(=O)C(C)(C)[C@H](N)c1cccc(OCc2ccccc2)c1. The summed E-state index contributed by atoms with van der Waals surface area (Å²) in [7, 11) is 1.37. The van der Waals surface area contributed by atoms with E-state index in [9.17, 15) is 4.79 Å². The Morgan fingerprint density at radius 1 is 1.13 bits per heavy atom. The van der Waals surface area contributed by atoms with Crippen molar-refractivity contribution in [2.45, 2.75) is 26.5 Å². The first-order chi connectivity index (χ1) is 10.9. The van der Waals surface area contributed by atoms with E-state index in [1.165, 1.54) is 7.11 Å². The normalized spacial score (nSPS) is 12.5. The lowest BCUT2D eigenvalue weighted by Gasteiger charge is -2.29. The number of ether oxygens (including phenoxy) is 2. The summed E-state index contributed by atoms with van der Waals surface area (Å²) >= 11 is 0. The maximum atomic E-state index is 11.9. The molecule has 0 saturated heterocycles.